The van der Waals surface area contributed by atoms with Gasteiger partial charge in [-0.1, -0.05) is 58.4 Å². The molecule has 0 bridgehead atoms. The molecule has 2 nitrogen and oxygen atoms in total. The first-order valence-corrected chi connectivity index (χ1v) is 10.4. The van der Waals surface area contributed by atoms with Gasteiger partial charge in [0.25, 0.3) is 0 Å². The number of benzene rings is 2. The van der Waals surface area contributed by atoms with Crippen LogP contribution < -0.4 is 28.9 Å². The molecule has 4 heteroatoms. The number of aryl methyl sites for hydroxylation is 2. The van der Waals surface area contributed by atoms with Crippen molar-refractivity contribution in [3.63, 3.8) is 0 Å². The van der Waals surface area contributed by atoms with Crippen LogP contribution in [0.5, 0.6) is 5.75 Å². The zero-order valence-electron chi connectivity index (χ0n) is 18.9. The molecule has 0 radical (unpaired) electrons. The summed E-state index contributed by atoms with van der Waals surface area (Å²) in [5.41, 5.74) is 4.60. The molecule has 142 valence electrons. The van der Waals surface area contributed by atoms with Gasteiger partial charge in [-0.3, -0.25) is 4.79 Å². The topological polar surface area (TPSA) is 26.3 Å². The predicted molar refractivity (Wildman–Crippen MR) is 115 cm³/mol. The van der Waals surface area contributed by atoms with E-state index in [0.717, 1.165) is 47.2 Å². The molecule has 1 unspecified atom stereocenters. The number of carbonyl (C=O) groups is 1. The zero-order chi connectivity index (χ0) is 19.3. The van der Waals surface area contributed by atoms with Crippen molar-refractivity contribution < 1.29 is 29.8 Å². The first-order chi connectivity index (χ1) is 12.2. The summed E-state index contributed by atoms with van der Waals surface area (Å²) < 4.78 is 5.82. The van der Waals surface area contributed by atoms with Gasteiger partial charge >= 0.3 is 18.9 Å². The third-order valence-corrected chi connectivity index (χ3v) is 6.08. The molecule has 0 aliphatic heterocycles. The van der Waals surface area contributed by atoms with Gasteiger partial charge in [0.1, 0.15) is 5.75 Å². The van der Waals surface area contributed by atoms with Crippen LogP contribution in [0.15, 0.2) is 36.4 Å². The Kier molecular flexibility index (Phi) is 9.30. The molecule has 0 aromatic heterocycles. The Morgan fingerprint density at radius 2 is 1.63 bits per heavy atom. The van der Waals surface area contributed by atoms with Crippen LogP contribution in [-0.4, -0.2) is 12.1 Å². The summed E-state index contributed by atoms with van der Waals surface area (Å²) in [4.78, 5) is 12.8. The van der Waals surface area contributed by atoms with E-state index >= 15 is 0 Å². The molecule has 0 aliphatic rings. The Balaban J connectivity index is 0.00000364. The molecule has 2 aromatic rings. The second-order valence-electron chi connectivity index (χ2n) is 7.92. The average molecular weight is 378 g/mol. The van der Waals surface area contributed by atoms with E-state index in [9.17, 15) is 4.79 Å². The minimum Gasteiger partial charge on any atom is -1.00 e. The normalized spacial score (nSPS) is 11.5. The van der Waals surface area contributed by atoms with Crippen LogP contribution in [-0.2, 0) is 5.41 Å². The standard InChI is InChI=1S/C23H31O2P.Li.H/c1-7-8-13-25-20-14-16(2)21(17(3)15-20)26-22(24)18-9-11-19(12-10-18)23(4,5)6;;/h9-12,14-15,26H,7-8,13H2,1-6H3;;/q;+1;-1. The summed E-state index contributed by atoms with van der Waals surface area (Å²) in [5, 5.41) is 1.14. The molecule has 0 fully saturated rings. The Morgan fingerprint density at radius 1 is 1.07 bits per heavy atom. The van der Waals surface area contributed by atoms with Crippen molar-refractivity contribution in [2.24, 2.45) is 0 Å². The zero-order valence-corrected chi connectivity index (χ0v) is 18.9. The van der Waals surface area contributed by atoms with Crippen molar-refractivity contribution in [1.82, 2.24) is 0 Å². The van der Waals surface area contributed by atoms with Gasteiger partial charge in [-0.2, -0.15) is 0 Å². The molecular weight excluding hydrogens is 346 g/mol. The molecular formula is C23H32LiO2P. The SMILES string of the molecule is CCCCOc1cc(C)c(PC(=O)c2ccc(C(C)(C)C)cc2)c(C)c1.[H-].[Li+]. The van der Waals surface area contributed by atoms with Gasteiger partial charge in [-0.15, -0.1) is 0 Å². The van der Waals surface area contributed by atoms with E-state index in [1.54, 1.807) is 0 Å². The minimum atomic E-state index is 0. The molecule has 0 saturated heterocycles. The molecule has 1 atom stereocenters. The summed E-state index contributed by atoms with van der Waals surface area (Å²) in [6, 6.07) is 12.2. The smallest absolute Gasteiger partial charge is 1.00 e. The van der Waals surface area contributed by atoms with Gasteiger partial charge in [-0.25, -0.2) is 0 Å². The van der Waals surface area contributed by atoms with Crippen LogP contribution >= 0.6 is 8.58 Å². The number of ether oxygens (including phenoxy) is 1. The van der Waals surface area contributed by atoms with Gasteiger partial charge < -0.3 is 6.16 Å². The van der Waals surface area contributed by atoms with Crippen LogP contribution in [0.4, 0.5) is 0 Å². The Hall–Kier alpha value is -1.06. The van der Waals surface area contributed by atoms with E-state index in [-0.39, 0.29) is 39.8 Å². The first-order valence-electron chi connectivity index (χ1n) is 9.38. The van der Waals surface area contributed by atoms with E-state index in [1.165, 1.54) is 5.56 Å². The fourth-order valence-electron chi connectivity index (χ4n) is 2.85. The van der Waals surface area contributed by atoms with E-state index in [1.807, 2.05) is 12.1 Å². The average Bonchev–Trinajstić information content (AvgIpc) is 2.57. The van der Waals surface area contributed by atoms with Gasteiger partial charge in [-0.05, 0) is 68.4 Å². The molecule has 0 heterocycles. The Bertz CT molecular complexity index is 744. The van der Waals surface area contributed by atoms with E-state index in [2.05, 4.69) is 65.8 Å². The molecule has 0 aliphatic carbocycles. The number of hydrogen-bond donors (Lipinski definition) is 0. The molecule has 0 saturated carbocycles. The van der Waals surface area contributed by atoms with Crippen molar-refractivity contribution in [1.29, 1.82) is 0 Å². The van der Waals surface area contributed by atoms with E-state index < -0.39 is 0 Å². The second-order valence-corrected chi connectivity index (χ2v) is 9.12. The number of carbonyl (C=O) groups excluding carboxylic acids is 1. The molecule has 0 amide bonds. The third-order valence-electron chi connectivity index (χ3n) is 4.52. The first kappa shape index (κ1) is 24.0. The van der Waals surface area contributed by atoms with Crippen LogP contribution in [0.2, 0.25) is 0 Å². The maximum atomic E-state index is 12.8. The molecule has 2 aromatic carbocycles. The van der Waals surface area contributed by atoms with Gasteiger partial charge in [0.05, 0.1) is 6.61 Å². The van der Waals surface area contributed by atoms with Crippen molar-refractivity contribution in [3.8, 4) is 5.75 Å². The summed E-state index contributed by atoms with van der Waals surface area (Å²) >= 11 is 0. The monoisotopic (exact) mass is 378 g/mol. The molecule has 2 rings (SSSR count). The molecule has 0 N–H and O–H groups in total. The largest absolute Gasteiger partial charge is 1.00 e. The van der Waals surface area contributed by atoms with E-state index in [4.69, 9.17) is 4.74 Å². The quantitative estimate of drug-likeness (QED) is 0.421. The van der Waals surface area contributed by atoms with Gasteiger partial charge in [0, 0.05) is 5.56 Å². The fourth-order valence-corrected chi connectivity index (χ4v) is 3.92. The summed E-state index contributed by atoms with van der Waals surface area (Å²) in [7, 11) is 0.141. The maximum absolute atomic E-state index is 12.8. The van der Waals surface area contributed by atoms with Crippen molar-refractivity contribution in [3.05, 3.63) is 58.7 Å². The Labute approximate surface area is 179 Å². The minimum absolute atomic E-state index is 0. The third kappa shape index (κ3) is 6.80. The van der Waals surface area contributed by atoms with Gasteiger partial charge in [0.2, 0.25) is 0 Å². The number of hydrogen-bond acceptors (Lipinski definition) is 2. The summed E-state index contributed by atoms with van der Waals surface area (Å²) in [5.74, 6) is 0.906. The van der Waals surface area contributed by atoms with Gasteiger partial charge in [0.15, 0.2) is 5.52 Å². The Morgan fingerprint density at radius 3 is 2.11 bits per heavy atom. The van der Waals surface area contributed by atoms with E-state index in [0.29, 0.717) is 0 Å². The number of rotatable bonds is 7. The molecule has 0 spiro atoms. The van der Waals surface area contributed by atoms with Crippen molar-refractivity contribution in [2.75, 3.05) is 6.61 Å². The summed E-state index contributed by atoms with van der Waals surface area (Å²) in [6.45, 7) is 13.6. The second kappa shape index (κ2) is 10.5. The number of unbranched alkanes of at least 4 members (excludes halogenated alkanes) is 1. The summed E-state index contributed by atoms with van der Waals surface area (Å²) in [6.07, 6.45) is 2.19. The predicted octanol–water partition coefficient (Wildman–Crippen LogP) is 3.04. The van der Waals surface area contributed by atoms with Crippen molar-refractivity contribution >= 4 is 19.4 Å². The van der Waals surface area contributed by atoms with Crippen LogP contribution in [0.1, 0.15) is 69.0 Å². The molecule has 27 heavy (non-hydrogen) atoms. The van der Waals surface area contributed by atoms with Crippen molar-refractivity contribution in [2.45, 2.75) is 59.8 Å². The van der Waals surface area contributed by atoms with Crippen LogP contribution in [0.25, 0.3) is 0 Å². The van der Waals surface area contributed by atoms with Crippen LogP contribution in [0.3, 0.4) is 0 Å². The fraction of sp³-hybridized carbons (Fsp3) is 0.435. The maximum Gasteiger partial charge on any atom is 1.00 e. The van der Waals surface area contributed by atoms with Crippen LogP contribution in [0, 0.1) is 13.8 Å².